The predicted octanol–water partition coefficient (Wildman–Crippen LogP) is 3.10. The van der Waals surface area contributed by atoms with E-state index < -0.39 is 0 Å². The average Bonchev–Trinajstić information content (AvgIpc) is 2.90. The molecule has 0 radical (unpaired) electrons. The van der Waals surface area contributed by atoms with E-state index >= 15 is 0 Å². The molecule has 0 bridgehead atoms. The summed E-state index contributed by atoms with van der Waals surface area (Å²) in [6.07, 6.45) is 4.97. The van der Waals surface area contributed by atoms with Crippen LogP contribution in [0.15, 0.2) is 12.1 Å². The van der Waals surface area contributed by atoms with Gasteiger partial charge in [0.15, 0.2) is 0 Å². The Bertz CT molecular complexity index is 383. The molecular weight excluding hydrogens is 254 g/mol. The van der Waals surface area contributed by atoms with Gasteiger partial charge in [-0.1, -0.05) is 11.6 Å². The molecule has 1 saturated carbocycles. The maximum atomic E-state index is 6.00. The zero-order valence-electron chi connectivity index (χ0n) is 9.88. The lowest BCUT2D eigenvalue weighted by atomic mass is 9.83. The maximum Gasteiger partial charge on any atom is 0.0931 e. The van der Waals surface area contributed by atoms with Gasteiger partial charge in [0.25, 0.3) is 0 Å². The minimum atomic E-state index is 0.302. The smallest absolute Gasteiger partial charge is 0.0931 e. The molecule has 1 aliphatic heterocycles. The van der Waals surface area contributed by atoms with Gasteiger partial charge >= 0.3 is 0 Å². The Morgan fingerprint density at radius 1 is 1.47 bits per heavy atom. The van der Waals surface area contributed by atoms with Crippen LogP contribution in [0, 0.1) is 5.41 Å². The Balaban J connectivity index is 1.65. The van der Waals surface area contributed by atoms with Crippen LogP contribution >= 0.6 is 22.9 Å². The van der Waals surface area contributed by atoms with Gasteiger partial charge < -0.3 is 10.1 Å². The molecule has 17 heavy (non-hydrogen) atoms. The number of halogens is 1. The van der Waals surface area contributed by atoms with Crippen LogP contribution in [0.2, 0.25) is 4.34 Å². The van der Waals surface area contributed by atoms with Gasteiger partial charge in [0.1, 0.15) is 0 Å². The van der Waals surface area contributed by atoms with Crippen molar-refractivity contribution in [3.05, 3.63) is 21.3 Å². The molecule has 4 heteroatoms. The standard InChI is InChI=1S/C13H18ClNOS/c14-12-4-3-11(17-12)7-13(5-6-16-9-13)8-15-10-1-2-10/h3-4,10,15H,1-2,5-9H2. The highest BCUT2D eigenvalue weighted by molar-refractivity contribution is 7.16. The minimum Gasteiger partial charge on any atom is -0.381 e. The number of hydrogen-bond acceptors (Lipinski definition) is 3. The van der Waals surface area contributed by atoms with Crippen molar-refractivity contribution >= 4 is 22.9 Å². The Kier molecular flexibility index (Phi) is 3.44. The maximum absolute atomic E-state index is 6.00. The van der Waals surface area contributed by atoms with Gasteiger partial charge in [0, 0.05) is 29.5 Å². The first kappa shape index (κ1) is 12.0. The van der Waals surface area contributed by atoms with Gasteiger partial charge in [-0.3, -0.25) is 0 Å². The molecule has 1 aliphatic carbocycles. The molecule has 0 spiro atoms. The van der Waals surface area contributed by atoms with Crippen LogP contribution in [0.25, 0.3) is 0 Å². The number of thiophene rings is 1. The first-order chi connectivity index (χ1) is 8.26. The zero-order chi connectivity index (χ0) is 11.7. The van der Waals surface area contributed by atoms with Crippen LogP contribution in [-0.2, 0) is 11.2 Å². The molecule has 0 aromatic carbocycles. The van der Waals surface area contributed by atoms with Gasteiger partial charge in [-0.05, 0) is 37.8 Å². The van der Waals surface area contributed by atoms with Crippen LogP contribution in [0.4, 0.5) is 0 Å². The van der Waals surface area contributed by atoms with Crippen LogP contribution in [0.3, 0.4) is 0 Å². The molecule has 2 fully saturated rings. The Morgan fingerprint density at radius 2 is 2.35 bits per heavy atom. The van der Waals surface area contributed by atoms with Crippen molar-refractivity contribution in [2.45, 2.75) is 31.7 Å². The molecular formula is C13H18ClNOS. The minimum absolute atomic E-state index is 0.302. The quantitative estimate of drug-likeness (QED) is 0.889. The summed E-state index contributed by atoms with van der Waals surface area (Å²) in [5, 5.41) is 3.66. The SMILES string of the molecule is Clc1ccc(CC2(CNC3CC3)CCOC2)s1. The average molecular weight is 272 g/mol. The van der Waals surface area contributed by atoms with Gasteiger partial charge in [-0.15, -0.1) is 11.3 Å². The van der Waals surface area contributed by atoms with E-state index in [9.17, 15) is 0 Å². The third kappa shape index (κ3) is 3.02. The molecule has 1 aromatic heterocycles. The summed E-state index contributed by atoms with van der Waals surface area (Å²) in [4.78, 5) is 1.39. The van der Waals surface area contributed by atoms with E-state index in [0.29, 0.717) is 5.41 Å². The highest BCUT2D eigenvalue weighted by Crippen LogP contribution is 2.36. The summed E-state index contributed by atoms with van der Waals surface area (Å²) < 4.78 is 6.52. The lowest BCUT2D eigenvalue weighted by molar-refractivity contribution is 0.149. The second-order valence-corrected chi connectivity index (χ2v) is 7.14. The largest absolute Gasteiger partial charge is 0.381 e. The van der Waals surface area contributed by atoms with E-state index in [4.69, 9.17) is 16.3 Å². The molecule has 1 atom stereocenters. The van der Waals surface area contributed by atoms with Crippen molar-refractivity contribution in [3.63, 3.8) is 0 Å². The van der Waals surface area contributed by atoms with Crippen molar-refractivity contribution in [1.82, 2.24) is 5.32 Å². The lowest BCUT2D eigenvalue weighted by Crippen LogP contribution is -2.37. The molecule has 2 heterocycles. The molecule has 94 valence electrons. The van der Waals surface area contributed by atoms with Gasteiger partial charge in [-0.25, -0.2) is 0 Å². The fourth-order valence-electron chi connectivity index (χ4n) is 2.46. The predicted molar refractivity (Wildman–Crippen MR) is 71.9 cm³/mol. The Labute approximate surface area is 111 Å². The highest BCUT2D eigenvalue weighted by atomic mass is 35.5. The third-order valence-electron chi connectivity index (χ3n) is 3.71. The monoisotopic (exact) mass is 271 g/mol. The molecule has 2 nitrogen and oxygen atoms in total. The van der Waals surface area contributed by atoms with E-state index in [0.717, 1.165) is 36.6 Å². The van der Waals surface area contributed by atoms with Gasteiger partial charge in [0.2, 0.25) is 0 Å². The first-order valence-electron chi connectivity index (χ1n) is 6.31. The summed E-state index contributed by atoms with van der Waals surface area (Å²) in [6.45, 7) is 2.89. The normalized spacial score (nSPS) is 28.8. The van der Waals surface area contributed by atoms with Crippen LogP contribution in [-0.4, -0.2) is 25.8 Å². The lowest BCUT2D eigenvalue weighted by Gasteiger charge is -2.27. The topological polar surface area (TPSA) is 21.3 Å². The number of nitrogens with one attached hydrogen (secondary N) is 1. The number of hydrogen-bond donors (Lipinski definition) is 1. The molecule has 1 N–H and O–H groups in total. The fraction of sp³-hybridized carbons (Fsp3) is 0.692. The molecule has 0 amide bonds. The molecule has 2 aliphatic rings. The molecule has 1 saturated heterocycles. The molecule has 1 unspecified atom stereocenters. The van der Waals surface area contributed by atoms with Crippen molar-refractivity contribution < 1.29 is 4.74 Å². The van der Waals surface area contributed by atoms with Crippen LogP contribution < -0.4 is 5.32 Å². The van der Waals surface area contributed by atoms with Crippen LogP contribution in [0.5, 0.6) is 0 Å². The van der Waals surface area contributed by atoms with Gasteiger partial charge in [0.05, 0.1) is 10.9 Å². The molecule has 1 aromatic rings. The summed E-state index contributed by atoms with van der Waals surface area (Å²) in [7, 11) is 0. The summed E-state index contributed by atoms with van der Waals surface area (Å²) >= 11 is 7.71. The second-order valence-electron chi connectivity index (χ2n) is 5.34. The Hall–Kier alpha value is -0.0900. The highest BCUT2D eigenvalue weighted by Gasteiger charge is 2.36. The van der Waals surface area contributed by atoms with Crippen LogP contribution in [0.1, 0.15) is 24.1 Å². The fourth-order valence-corrected chi connectivity index (χ4v) is 3.72. The first-order valence-corrected chi connectivity index (χ1v) is 7.51. The Morgan fingerprint density at radius 3 is 2.94 bits per heavy atom. The van der Waals surface area contributed by atoms with E-state index in [-0.39, 0.29) is 0 Å². The number of rotatable bonds is 5. The molecule has 3 rings (SSSR count). The van der Waals surface area contributed by atoms with E-state index in [1.807, 2.05) is 6.07 Å². The second kappa shape index (κ2) is 4.88. The number of ether oxygens (including phenoxy) is 1. The van der Waals surface area contributed by atoms with E-state index in [2.05, 4.69) is 11.4 Å². The summed E-state index contributed by atoms with van der Waals surface area (Å²) in [5.41, 5.74) is 0.302. The van der Waals surface area contributed by atoms with Crippen molar-refractivity contribution in [2.75, 3.05) is 19.8 Å². The third-order valence-corrected chi connectivity index (χ3v) is 4.94. The van der Waals surface area contributed by atoms with E-state index in [1.165, 1.54) is 24.1 Å². The zero-order valence-corrected chi connectivity index (χ0v) is 11.4. The van der Waals surface area contributed by atoms with E-state index in [1.54, 1.807) is 11.3 Å². The van der Waals surface area contributed by atoms with Crippen molar-refractivity contribution in [3.8, 4) is 0 Å². The summed E-state index contributed by atoms with van der Waals surface area (Å²) in [6, 6.07) is 4.93. The van der Waals surface area contributed by atoms with Crippen molar-refractivity contribution in [2.24, 2.45) is 5.41 Å². The van der Waals surface area contributed by atoms with Gasteiger partial charge in [-0.2, -0.15) is 0 Å². The summed E-state index contributed by atoms with van der Waals surface area (Å²) in [5.74, 6) is 0. The van der Waals surface area contributed by atoms with Crippen molar-refractivity contribution in [1.29, 1.82) is 0 Å².